The molecule has 6 aromatic heterocycles. The molecule has 4 aliphatic heterocycles. The van der Waals surface area contributed by atoms with Crippen molar-refractivity contribution in [1.82, 2.24) is 39.9 Å². The van der Waals surface area contributed by atoms with Gasteiger partial charge in [-0.2, -0.15) is 0 Å². The number of rotatable bonds is 18. The van der Waals surface area contributed by atoms with Crippen molar-refractivity contribution < 1.29 is 0 Å². The molecule has 0 unspecified atom stereocenters. The summed E-state index contributed by atoms with van der Waals surface area (Å²) in [6, 6.07) is 31.1. The second-order valence-corrected chi connectivity index (χ2v) is 27.1. The summed E-state index contributed by atoms with van der Waals surface area (Å²) >= 11 is 0. The lowest BCUT2D eigenvalue weighted by molar-refractivity contribution is 0.796. The van der Waals surface area contributed by atoms with Gasteiger partial charge < -0.3 is 19.9 Å². The van der Waals surface area contributed by atoms with Crippen LogP contribution in [-0.2, 0) is 25.7 Å². The van der Waals surface area contributed by atoms with Crippen LogP contribution in [0.15, 0.2) is 84.9 Å². The van der Waals surface area contributed by atoms with Crippen molar-refractivity contribution in [1.29, 1.82) is 0 Å². The zero-order valence-electron chi connectivity index (χ0n) is 60.2. The van der Waals surface area contributed by atoms with E-state index in [9.17, 15) is 0 Å². The number of hydrogen-bond donors (Lipinski definition) is 4. The minimum Gasteiger partial charge on any atom is -0.355 e. The molecular formula is C88H98N8. The molecular weight excluding hydrogens is 1170 g/mol. The first-order valence-corrected chi connectivity index (χ1v) is 36.1. The van der Waals surface area contributed by atoms with Crippen molar-refractivity contribution in [2.24, 2.45) is 0 Å². The largest absolute Gasteiger partial charge is 0.355 e. The lowest BCUT2D eigenvalue weighted by Gasteiger charge is -2.12. The van der Waals surface area contributed by atoms with Crippen LogP contribution in [0.4, 0.5) is 0 Å². The van der Waals surface area contributed by atoms with Crippen LogP contribution in [0.2, 0.25) is 0 Å². The van der Waals surface area contributed by atoms with Crippen LogP contribution in [0.1, 0.15) is 261 Å². The van der Waals surface area contributed by atoms with Gasteiger partial charge in [-0.3, -0.25) is 0 Å². The number of H-pyrrole nitrogens is 4. The van der Waals surface area contributed by atoms with Gasteiger partial charge in [0.2, 0.25) is 0 Å². The standard InChI is InChI=1S/C88H98N8/c1-17-25-39-65-51(9)71-45-75-61(21-5)55(13)85(93-75)83(86-56(14)62(22-6)76(94-86)46-72-52(10)66(40-26-18-2)80(90-72)49-79(65)89-71)69-43-33-31-37-59(69)35-29-30-36-60-38-32-34-44-70(60)84-87-57(15)63(23-7)77(95-87)47-73-53(11)67(41-27-19-3)81(91-73)50-82-68(42-28-20-4)54(12)74(92-82)48-78-64(24-8)58(16)88(84)96-78/h31-34,37-38,43-50,89-92H,17-28,39-42H2,1-16H3. The number of aromatic amines is 4. The van der Waals surface area contributed by atoms with Crippen molar-refractivity contribution in [3.05, 3.63) is 186 Å². The van der Waals surface area contributed by atoms with Gasteiger partial charge in [0.15, 0.2) is 0 Å². The predicted molar refractivity (Wildman–Crippen MR) is 411 cm³/mol. The van der Waals surface area contributed by atoms with E-state index < -0.39 is 0 Å². The maximum absolute atomic E-state index is 5.73. The lowest BCUT2D eigenvalue weighted by atomic mass is 9.91. The SMILES string of the molecule is CCCCc1c(C)c2cc3nc(c(-c4ccccc4C#CC#Cc4ccccc4-c4c5nc(cc6[nH]c(cc7[nH]c(cc8nc4C(C)=C8CC)c(C)c7CCCC)c(CCCC)c6C)C(CC)=C5C)c4nc(cc5[nH]c(cc1[nH]2)c(CCCC)c5C)C(CC)=C4C)C(C)=C3CC. The summed E-state index contributed by atoms with van der Waals surface area (Å²) in [4.78, 5) is 38.8. The first kappa shape index (κ1) is 66.8. The van der Waals surface area contributed by atoms with Gasteiger partial charge in [0.1, 0.15) is 0 Å². The second-order valence-electron chi connectivity index (χ2n) is 27.1. The van der Waals surface area contributed by atoms with Gasteiger partial charge in [0.25, 0.3) is 0 Å². The molecule has 0 fully saturated rings. The average molecular weight is 1270 g/mol. The highest BCUT2D eigenvalue weighted by Crippen LogP contribution is 2.47. The van der Waals surface area contributed by atoms with E-state index in [-0.39, 0.29) is 0 Å². The molecule has 4 N–H and O–H groups in total. The average Bonchev–Trinajstić information content (AvgIpc) is 1.60. The van der Waals surface area contributed by atoms with Crippen molar-refractivity contribution >= 4 is 88.7 Å². The van der Waals surface area contributed by atoms with E-state index in [2.05, 4.69) is 239 Å². The predicted octanol–water partition coefficient (Wildman–Crippen LogP) is 23.6. The number of aromatic nitrogens is 8. The summed E-state index contributed by atoms with van der Waals surface area (Å²) in [5, 5.41) is 0. The zero-order chi connectivity index (χ0) is 67.6. The lowest BCUT2D eigenvalue weighted by Crippen LogP contribution is -1.95. The molecule has 490 valence electrons. The topological polar surface area (TPSA) is 115 Å². The van der Waals surface area contributed by atoms with Crippen molar-refractivity contribution in [2.75, 3.05) is 0 Å². The quantitative estimate of drug-likeness (QED) is 0.0641. The van der Waals surface area contributed by atoms with E-state index >= 15 is 0 Å². The Morgan fingerprint density at radius 1 is 0.312 bits per heavy atom. The summed E-state index contributed by atoms with van der Waals surface area (Å²) < 4.78 is 0. The molecule has 8 aromatic rings. The third-order valence-corrected chi connectivity index (χ3v) is 21.2. The molecule has 96 heavy (non-hydrogen) atoms. The van der Waals surface area contributed by atoms with Crippen molar-refractivity contribution in [3.8, 4) is 45.9 Å². The molecule has 0 radical (unpaired) electrons. The Morgan fingerprint density at radius 3 is 0.802 bits per heavy atom. The molecule has 4 aliphatic rings. The summed E-state index contributed by atoms with van der Waals surface area (Å²) in [6.45, 7) is 36.3. The summed E-state index contributed by atoms with van der Waals surface area (Å²) in [7, 11) is 0. The number of aryl methyl sites for hydroxylation is 8. The summed E-state index contributed by atoms with van der Waals surface area (Å²) in [5.41, 5.74) is 42.7. The highest BCUT2D eigenvalue weighted by Gasteiger charge is 2.30. The maximum Gasteiger partial charge on any atom is 0.0770 e. The van der Waals surface area contributed by atoms with Gasteiger partial charge in [-0.15, -0.1) is 0 Å². The molecule has 0 saturated carbocycles. The fourth-order valence-corrected chi connectivity index (χ4v) is 15.5. The minimum atomic E-state index is 0.830. The first-order valence-electron chi connectivity index (χ1n) is 36.1. The summed E-state index contributed by atoms with van der Waals surface area (Å²) in [5.74, 6) is 14.1. The van der Waals surface area contributed by atoms with Gasteiger partial charge in [0, 0.05) is 77.5 Å². The van der Waals surface area contributed by atoms with E-state index in [0.29, 0.717) is 0 Å². The van der Waals surface area contributed by atoms with Gasteiger partial charge in [0.05, 0.1) is 45.6 Å². The summed E-state index contributed by atoms with van der Waals surface area (Å²) in [6.07, 6.45) is 16.3. The number of unbranched alkanes of at least 4 members (excludes halogenated alkanes) is 4. The molecule has 0 saturated heterocycles. The van der Waals surface area contributed by atoms with Crippen molar-refractivity contribution in [3.63, 3.8) is 0 Å². The van der Waals surface area contributed by atoms with Gasteiger partial charge in [-0.1, -0.05) is 129 Å². The fraction of sp³-hybridized carbons (Fsp3) is 0.364. The highest BCUT2D eigenvalue weighted by molar-refractivity contribution is 6.05. The number of benzene rings is 2. The Bertz CT molecular complexity index is 4510. The third-order valence-electron chi connectivity index (χ3n) is 21.2. The van der Waals surface area contributed by atoms with E-state index in [1.165, 1.54) is 88.9 Å². The van der Waals surface area contributed by atoms with Crippen molar-refractivity contribution in [2.45, 2.75) is 214 Å². The Labute approximate surface area is 570 Å². The third kappa shape index (κ3) is 12.3. The molecule has 0 aliphatic carbocycles. The van der Waals surface area contributed by atoms with Crippen LogP contribution in [0.3, 0.4) is 0 Å². The smallest absolute Gasteiger partial charge is 0.0770 e. The first-order chi connectivity index (χ1) is 46.6. The Balaban J connectivity index is 1.08. The normalized spacial score (nSPS) is 13.1. The molecule has 2 aromatic carbocycles. The van der Waals surface area contributed by atoms with Crippen LogP contribution in [-0.4, -0.2) is 39.9 Å². The van der Waals surface area contributed by atoms with E-state index in [0.717, 1.165) is 226 Å². The minimum absolute atomic E-state index is 0.830. The molecule has 12 rings (SSSR count). The van der Waals surface area contributed by atoms with Crippen LogP contribution in [0, 0.1) is 51.4 Å². The second kappa shape index (κ2) is 28.6. The molecule has 0 atom stereocenters. The number of fused-ring (bicyclic) bond motifs is 16. The van der Waals surface area contributed by atoms with E-state index in [1.807, 2.05) is 0 Å². The fourth-order valence-electron chi connectivity index (χ4n) is 15.5. The Kier molecular flexibility index (Phi) is 19.9. The zero-order valence-corrected chi connectivity index (χ0v) is 60.2. The number of allylic oxidation sites excluding steroid dienone is 8. The van der Waals surface area contributed by atoms with Gasteiger partial charge in [-0.05, 0) is 282 Å². The molecule has 0 amide bonds. The monoisotopic (exact) mass is 1270 g/mol. The highest BCUT2D eigenvalue weighted by atomic mass is 14.8. The van der Waals surface area contributed by atoms with Crippen LogP contribution in [0.25, 0.3) is 111 Å². The van der Waals surface area contributed by atoms with E-state index in [4.69, 9.17) is 19.9 Å². The van der Waals surface area contributed by atoms with Crippen LogP contribution in [0.5, 0.6) is 0 Å². The van der Waals surface area contributed by atoms with Gasteiger partial charge >= 0.3 is 0 Å². The number of nitrogens with one attached hydrogen (secondary N) is 4. The Hall–Kier alpha value is -9.24. The van der Waals surface area contributed by atoms with Crippen LogP contribution >= 0.6 is 0 Å². The molecule has 16 bridgehead atoms. The van der Waals surface area contributed by atoms with Crippen LogP contribution < -0.4 is 0 Å². The maximum atomic E-state index is 5.73. The van der Waals surface area contributed by atoms with E-state index in [1.54, 1.807) is 0 Å². The molecule has 10 heterocycles. The number of hydrogen-bond acceptors (Lipinski definition) is 4. The van der Waals surface area contributed by atoms with Gasteiger partial charge in [-0.25, -0.2) is 19.9 Å². The molecule has 8 nitrogen and oxygen atoms in total. The Morgan fingerprint density at radius 2 is 0.562 bits per heavy atom. The molecule has 0 spiro atoms. The molecule has 8 heteroatoms. The number of nitrogens with zero attached hydrogens (tertiary/aromatic N) is 4.